The second kappa shape index (κ2) is 6.29. The van der Waals surface area contributed by atoms with E-state index in [9.17, 15) is 4.39 Å². The van der Waals surface area contributed by atoms with Gasteiger partial charge in [0.2, 0.25) is 0 Å². The van der Waals surface area contributed by atoms with Crippen molar-refractivity contribution in [3.63, 3.8) is 0 Å². The number of nitrogens with one attached hydrogen (secondary N) is 1. The van der Waals surface area contributed by atoms with Crippen LogP contribution in [0, 0.1) is 11.7 Å². The fourth-order valence-corrected chi connectivity index (χ4v) is 2.99. The van der Waals surface area contributed by atoms with Gasteiger partial charge in [0.25, 0.3) is 0 Å². The highest BCUT2D eigenvalue weighted by Gasteiger charge is 2.33. The van der Waals surface area contributed by atoms with Gasteiger partial charge in [-0.2, -0.15) is 0 Å². The number of rotatable bonds is 5. The molecule has 0 bridgehead atoms. The predicted octanol–water partition coefficient (Wildman–Crippen LogP) is 5.39. The predicted molar refractivity (Wildman–Crippen MR) is 87.6 cm³/mol. The van der Waals surface area contributed by atoms with Crippen molar-refractivity contribution in [2.24, 2.45) is 5.92 Å². The molecule has 0 aliphatic heterocycles. The van der Waals surface area contributed by atoms with Gasteiger partial charge in [0.05, 0.1) is 0 Å². The SMILES string of the molecule is C[C@H](NC(c1ccc(F)cc1)C1CC1)c1ccc(Br)cc1. The van der Waals surface area contributed by atoms with Crippen molar-refractivity contribution in [3.05, 3.63) is 69.9 Å². The fraction of sp³-hybridized carbons (Fsp3) is 0.333. The summed E-state index contributed by atoms with van der Waals surface area (Å²) in [5.41, 5.74) is 2.45. The maximum absolute atomic E-state index is 13.1. The molecule has 21 heavy (non-hydrogen) atoms. The number of hydrogen-bond donors (Lipinski definition) is 1. The highest BCUT2D eigenvalue weighted by atomic mass is 79.9. The van der Waals surface area contributed by atoms with Crippen LogP contribution in [0.2, 0.25) is 0 Å². The quantitative estimate of drug-likeness (QED) is 0.764. The van der Waals surface area contributed by atoms with Gasteiger partial charge >= 0.3 is 0 Å². The number of hydrogen-bond acceptors (Lipinski definition) is 1. The van der Waals surface area contributed by atoms with Crippen molar-refractivity contribution in [2.45, 2.75) is 31.8 Å². The van der Waals surface area contributed by atoms with Crippen LogP contribution in [0.5, 0.6) is 0 Å². The summed E-state index contributed by atoms with van der Waals surface area (Å²) in [6.07, 6.45) is 2.50. The lowest BCUT2D eigenvalue weighted by Gasteiger charge is -2.24. The molecule has 0 radical (unpaired) electrons. The Kier molecular flexibility index (Phi) is 4.41. The number of benzene rings is 2. The summed E-state index contributed by atoms with van der Waals surface area (Å²) in [6.45, 7) is 2.18. The second-order valence-electron chi connectivity index (χ2n) is 5.81. The molecular weight excluding hydrogens is 329 g/mol. The Morgan fingerprint density at radius 1 is 1.00 bits per heavy atom. The molecule has 0 saturated heterocycles. The van der Waals surface area contributed by atoms with Crippen LogP contribution in [0.15, 0.2) is 53.0 Å². The first kappa shape index (κ1) is 14.7. The first-order chi connectivity index (χ1) is 10.1. The van der Waals surface area contributed by atoms with E-state index in [1.54, 1.807) is 12.1 Å². The molecule has 0 spiro atoms. The summed E-state index contributed by atoms with van der Waals surface area (Å²) >= 11 is 3.47. The molecule has 1 N–H and O–H groups in total. The Balaban J connectivity index is 1.76. The van der Waals surface area contributed by atoms with Gasteiger partial charge in [-0.15, -0.1) is 0 Å². The topological polar surface area (TPSA) is 12.0 Å². The minimum absolute atomic E-state index is 0.172. The van der Waals surface area contributed by atoms with Crippen molar-refractivity contribution in [1.29, 1.82) is 0 Å². The Morgan fingerprint density at radius 2 is 1.57 bits per heavy atom. The second-order valence-corrected chi connectivity index (χ2v) is 6.72. The van der Waals surface area contributed by atoms with Crippen molar-refractivity contribution >= 4 is 15.9 Å². The minimum atomic E-state index is -0.172. The average molecular weight is 348 g/mol. The fourth-order valence-electron chi connectivity index (χ4n) is 2.72. The molecule has 1 unspecified atom stereocenters. The lowest BCUT2D eigenvalue weighted by molar-refractivity contribution is 0.427. The molecule has 2 aromatic carbocycles. The van der Waals surface area contributed by atoms with Crippen LogP contribution in [0.4, 0.5) is 4.39 Å². The molecule has 0 amide bonds. The van der Waals surface area contributed by atoms with Crippen molar-refractivity contribution in [2.75, 3.05) is 0 Å². The standard InChI is InChI=1S/C18H19BrFN/c1-12(13-4-8-16(19)9-5-13)21-18(14-2-3-14)15-6-10-17(20)11-7-15/h4-12,14,18,21H,2-3H2,1H3/t12-,18?/m0/s1. The molecule has 110 valence electrons. The van der Waals surface area contributed by atoms with E-state index in [0.717, 1.165) is 4.47 Å². The molecule has 3 heteroatoms. The highest BCUT2D eigenvalue weighted by Crippen LogP contribution is 2.42. The highest BCUT2D eigenvalue weighted by molar-refractivity contribution is 9.10. The maximum atomic E-state index is 13.1. The van der Waals surface area contributed by atoms with E-state index in [0.29, 0.717) is 12.0 Å². The Bertz CT molecular complexity index is 590. The monoisotopic (exact) mass is 347 g/mol. The normalized spacial score (nSPS) is 17.5. The molecule has 1 nitrogen and oxygen atoms in total. The third-order valence-corrected chi connectivity index (χ3v) is 4.65. The third kappa shape index (κ3) is 3.72. The molecule has 1 aliphatic carbocycles. The Labute approximate surface area is 133 Å². The summed E-state index contributed by atoms with van der Waals surface area (Å²) in [6, 6.07) is 15.9. The van der Waals surface area contributed by atoms with E-state index in [2.05, 4.69) is 52.4 Å². The molecule has 0 heterocycles. The molecule has 3 rings (SSSR count). The maximum Gasteiger partial charge on any atom is 0.123 e. The lowest BCUT2D eigenvalue weighted by atomic mass is 9.99. The summed E-state index contributed by atoms with van der Waals surface area (Å²) in [4.78, 5) is 0. The molecular formula is C18H19BrFN. The Hall–Kier alpha value is -1.19. The van der Waals surface area contributed by atoms with E-state index in [1.807, 2.05) is 12.1 Å². The summed E-state index contributed by atoms with van der Waals surface area (Å²) in [5.74, 6) is 0.502. The number of halogens is 2. The summed E-state index contributed by atoms with van der Waals surface area (Å²) < 4.78 is 14.2. The van der Waals surface area contributed by atoms with Crippen LogP contribution in [-0.2, 0) is 0 Å². The lowest BCUT2D eigenvalue weighted by Crippen LogP contribution is -2.26. The first-order valence-corrected chi connectivity index (χ1v) is 8.20. The van der Waals surface area contributed by atoms with Crippen molar-refractivity contribution in [3.8, 4) is 0 Å². The van der Waals surface area contributed by atoms with E-state index in [4.69, 9.17) is 0 Å². The minimum Gasteiger partial charge on any atom is -0.303 e. The molecule has 2 aromatic rings. The zero-order valence-electron chi connectivity index (χ0n) is 12.0. The zero-order chi connectivity index (χ0) is 14.8. The summed E-state index contributed by atoms with van der Waals surface area (Å²) in [7, 11) is 0. The van der Waals surface area contributed by atoms with E-state index in [-0.39, 0.29) is 11.9 Å². The van der Waals surface area contributed by atoms with Gasteiger partial charge in [-0.25, -0.2) is 4.39 Å². The smallest absolute Gasteiger partial charge is 0.123 e. The van der Waals surface area contributed by atoms with Crippen LogP contribution in [-0.4, -0.2) is 0 Å². The van der Waals surface area contributed by atoms with Gasteiger partial charge in [0.15, 0.2) is 0 Å². The molecule has 1 aliphatic rings. The van der Waals surface area contributed by atoms with Gasteiger partial charge < -0.3 is 5.32 Å². The van der Waals surface area contributed by atoms with Crippen molar-refractivity contribution < 1.29 is 4.39 Å². The van der Waals surface area contributed by atoms with E-state index < -0.39 is 0 Å². The largest absolute Gasteiger partial charge is 0.303 e. The van der Waals surface area contributed by atoms with Crippen LogP contribution >= 0.6 is 15.9 Å². The first-order valence-electron chi connectivity index (χ1n) is 7.40. The van der Waals surface area contributed by atoms with Crippen LogP contribution in [0.25, 0.3) is 0 Å². The molecule has 1 saturated carbocycles. The van der Waals surface area contributed by atoms with Gasteiger partial charge in [-0.05, 0) is 61.1 Å². The van der Waals surface area contributed by atoms with Gasteiger partial charge in [0.1, 0.15) is 5.82 Å². The summed E-state index contributed by atoms with van der Waals surface area (Å²) in [5, 5.41) is 3.71. The zero-order valence-corrected chi connectivity index (χ0v) is 13.6. The van der Waals surface area contributed by atoms with Gasteiger partial charge in [-0.1, -0.05) is 40.2 Å². The van der Waals surface area contributed by atoms with Crippen molar-refractivity contribution in [1.82, 2.24) is 5.32 Å². The molecule has 1 fully saturated rings. The van der Waals surface area contributed by atoms with E-state index in [1.165, 1.54) is 24.0 Å². The average Bonchev–Trinajstić information content (AvgIpc) is 3.31. The van der Waals surface area contributed by atoms with Gasteiger partial charge in [-0.3, -0.25) is 0 Å². The third-order valence-electron chi connectivity index (χ3n) is 4.12. The van der Waals surface area contributed by atoms with Crippen LogP contribution < -0.4 is 5.32 Å². The van der Waals surface area contributed by atoms with Crippen LogP contribution in [0.1, 0.15) is 43.0 Å². The molecule has 0 aromatic heterocycles. The Morgan fingerprint density at radius 3 is 2.14 bits per heavy atom. The van der Waals surface area contributed by atoms with Gasteiger partial charge in [0, 0.05) is 16.6 Å². The van der Waals surface area contributed by atoms with Crippen LogP contribution in [0.3, 0.4) is 0 Å². The van der Waals surface area contributed by atoms with E-state index >= 15 is 0 Å². The molecule has 2 atom stereocenters.